The summed E-state index contributed by atoms with van der Waals surface area (Å²) in [6, 6.07) is 8.03. The Hall–Kier alpha value is -1.72. The largest absolute Gasteiger partial charge is 0.466 e. The summed E-state index contributed by atoms with van der Waals surface area (Å²) in [6.07, 6.45) is -0.977. The first kappa shape index (κ1) is 14.7. The fourth-order valence-electron chi connectivity index (χ4n) is 1.75. The van der Waals surface area contributed by atoms with Crippen LogP contribution in [0.1, 0.15) is 30.7 Å². The third kappa shape index (κ3) is 3.65. The predicted molar refractivity (Wildman–Crippen MR) is 78.5 cm³/mol. The van der Waals surface area contributed by atoms with Crippen LogP contribution in [0.3, 0.4) is 0 Å². The number of carbonyl (C=O) groups excluding carboxylic acids is 1. The molecule has 1 N–H and O–H groups in total. The molecule has 0 saturated heterocycles. The molecule has 0 bridgehead atoms. The maximum absolute atomic E-state index is 11.3. The van der Waals surface area contributed by atoms with E-state index >= 15 is 0 Å². The molecule has 2 aromatic rings. The van der Waals surface area contributed by atoms with Crippen LogP contribution in [-0.2, 0) is 9.53 Å². The molecule has 0 saturated carbocycles. The van der Waals surface area contributed by atoms with Gasteiger partial charge in [0.25, 0.3) is 0 Å². The second-order valence-electron chi connectivity index (χ2n) is 4.47. The molecule has 0 aliphatic heterocycles. The lowest BCUT2D eigenvalue weighted by molar-refractivity contribution is -0.145. The number of aliphatic hydroxyl groups is 1. The zero-order valence-corrected chi connectivity index (χ0v) is 12.3. The van der Waals surface area contributed by atoms with Crippen LogP contribution in [0.25, 0.3) is 10.6 Å². The Morgan fingerprint density at radius 1 is 1.40 bits per heavy atom. The van der Waals surface area contributed by atoms with Crippen molar-refractivity contribution >= 4 is 17.3 Å². The number of rotatable bonds is 5. The third-order valence-corrected chi connectivity index (χ3v) is 3.74. The first-order valence-corrected chi connectivity index (χ1v) is 7.34. The summed E-state index contributed by atoms with van der Waals surface area (Å²) >= 11 is 1.45. The van der Waals surface area contributed by atoms with Gasteiger partial charge in [0.05, 0.1) is 18.7 Å². The van der Waals surface area contributed by atoms with Crippen molar-refractivity contribution in [3.8, 4) is 10.6 Å². The van der Waals surface area contributed by atoms with Gasteiger partial charge in [0.15, 0.2) is 0 Å². The molecule has 0 radical (unpaired) electrons. The van der Waals surface area contributed by atoms with Gasteiger partial charge < -0.3 is 9.84 Å². The van der Waals surface area contributed by atoms with Crippen molar-refractivity contribution in [2.75, 3.05) is 6.61 Å². The Morgan fingerprint density at radius 3 is 2.75 bits per heavy atom. The Bertz CT molecular complexity index is 577. The van der Waals surface area contributed by atoms with Crippen LogP contribution in [-0.4, -0.2) is 22.7 Å². The molecule has 1 aromatic carbocycles. The van der Waals surface area contributed by atoms with E-state index in [9.17, 15) is 9.90 Å². The SMILES string of the molecule is CCOC(=O)C[C@@H](O)c1csc(-c2ccc(C)cc2)n1. The van der Waals surface area contributed by atoms with E-state index in [0.29, 0.717) is 12.3 Å². The number of aliphatic hydroxyl groups excluding tert-OH is 1. The van der Waals surface area contributed by atoms with Gasteiger partial charge in [-0.05, 0) is 13.8 Å². The summed E-state index contributed by atoms with van der Waals surface area (Å²) in [5.41, 5.74) is 2.71. The van der Waals surface area contributed by atoms with Gasteiger partial charge in [-0.2, -0.15) is 0 Å². The quantitative estimate of drug-likeness (QED) is 0.860. The number of ether oxygens (including phenoxy) is 1. The molecule has 5 heteroatoms. The summed E-state index contributed by atoms with van der Waals surface area (Å²) in [4.78, 5) is 15.7. The summed E-state index contributed by atoms with van der Waals surface area (Å²) in [5, 5.41) is 12.6. The Balaban J connectivity index is 2.08. The zero-order chi connectivity index (χ0) is 14.5. The molecular weight excluding hydrogens is 274 g/mol. The summed E-state index contributed by atoms with van der Waals surface area (Å²) in [5.74, 6) is -0.412. The van der Waals surface area contributed by atoms with Crippen molar-refractivity contribution < 1.29 is 14.6 Å². The van der Waals surface area contributed by atoms with Crippen molar-refractivity contribution in [3.05, 3.63) is 40.9 Å². The van der Waals surface area contributed by atoms with Crippen molar-refractivity contribution in [2.24, 2.45) is 0 Å². The molecule has 0 spiro atoms. The first-order valence-electron chi connectivity index (χ1n) is 6.46. The van der Waals surface area contributed by atoms with Gasteiger partial charge in [0, 0.05) is 10.9 Å². The number of hydrogen-bond donors (Lipinski definition) is 1. The van der Waals surface area contributed by atoms with E-state index in [-0.39, 0.29) is 6.42 Å². The normalized spacial score (nSPS) is 12.2. The van der Waals surface area contributed by atoms with E-state index < -0.39 is 12.1 Å². The molecule has 0 amide bonds. The van der Waals surface area contributed by atoms with E-state index in [4.69, 9.17) is 4.74 Å². The lowest BCUT2D eigenvalue weighted by atomic mass is 10.1. The van der Waals surface area contributed by atoms with Gasteiger partial charge in [0.1, 0.15) is 11.1 Å². The second-order valence-corrected chi connectivity index (χ2v) is 5.33. The van der Waals surface area contributed by atoms with Crippen LogP contribution < -0.4 is 0 Å². The number of benzene rings is 1. The topological polar surface area (TPSA) is 59.4 Å². The van der Waals surface area contributed by atoms with Gasteiger partial charge in [-0.3, -0.25) is 4.79 Å². The van der Waals surface area contributed by atoms with Crippen molar-refractivity contribution in [1.29, 1.82) is 0 Å². The van der Waals surface area contributed by atoms with E-state index in [1.807, 2.05) is 31.2 Å². The van der Waals surface area contributed by atoms with Gasteiger partial charge in [-0.25, -0.2) is 4.98 Å². The van der Waals surface area contributed by atoms with E-state index in [0.717, 1.165) is 10.6 Å². The zero-order valence-electron chi connectivity index (χ0n) is 11.5. The fourth-order valence-corrected chi connectivity index (χ4v) is 2.62. The molecule has 1 atom stereocenters. The maximum Gasteiger partial charge on any atom is 0.308 e. The lowest BCUT2D eigenvalue weighted by Crippen LogP contribution is -2.10. The standard InChI is InChI=1S/C15H17NO3S/c1-3-19-14(18)8-13(17)12-9-20-15(16-12)11-6-4-10(2)5-7-11/h4-7,9,13,17H,3,8H2,1-2H3/t13-/m1/s1. The lowest BCUT2D eigenvalue weighted by Gasteiger charge is -2.06. The predicted octanol–water partition coefficient (Wildman–Crippen LogP) is 3.11. The van der Waals surface area contributed by atoms with Crippen molar-refractivity contribution in [1.82, 2.24) is 4.98 Å². The summed E-state index contributed by atoms with van der Waals surface area (Å²) < 4.78 is 4.82. The highest BCUT2D eigenvalue weighted by Crippen LogP contribution is 2.27. The Morgan fingerprint density at radius 2 is 2.10 bits per heavy atom. The number of aromatic nitrogens is 1. The van der Waals surface area contributed by atoms with E-state index in [1.54, 1.807) is 12.3 Å². The summed E-state index contributed by atoms with van der Waals surface area (Å²) in [6.45, 7) is 4.08. The minimum absolute atomic E-state index is 0.0646. The van der Waals surface area contributed by atoms with Gasteiger partial charge in [-0.1, -0.05) is 29.8 Å². The number of esters is 1. The van der Waals surface area contributed by atoms with Crippen LogP contribution in [0.4, 0.5) is 0 Å². The third-order valence-electron chi connectivity index (χ3n) is 2.83. The number of carbonyl (C=O) groups is 1. The monoisotopic (exact) mass is 291 g/mol. The Labute approximate surface area is 122 Å². The molecule has 20 heavy (non-hydrogen) atoms. The minimum Gasteiger partial charge on any atom is -0.466 e. The van der Waals surface area contributed by atoms with Crippen LogP contribution in [0.5, 0.6) is 0 Å². The molecule has 0 unspecified atom stereocenters. The molecule has 0 fully saturated rings. The van der Waals surface area contributed by atoms with Crippen molar-refractivity contribution in [2.45, 2.75) is 26.4 Å². The Kier molecular flexibility index (Phi) is 4.87. The smallest absolute Gasteiger partial charge is 0.308 e. The molecule has 4 nitrogen and oxygen atoms in total. The van der Waals surface area contributed by atoms with Gasteiger partial charge >= 0.3 is 5.97 Å². The molecule has 106 valence electrons. The number of aryl methyl sites for hydroxylation is 1. The highest BCUT2D eigenvalue weighted by Gasteiger charge is 2.17. The van der Waals surface area contributed by atoms with Crippen LogP contribution in [0, 0.1) is 6.92 Å². The van der Waals surface area contributed by atoms with Crippen LogP contribution in [0.15, 0.2) is 29.6 Å². The molecule has 0 aliphatic rings. The molecule has 0 aliphatic carbocycles. The van der Waals surface area contributed by atoms with E-state index in [1.165, 1.54) is 16.9 Å². The highest BCUT2D eigenvalue weighted by atomic mass is 32.1. The fraction of sp³-hybridized carbons (Fsp3) is 0.333. The number of thiazole rings is 1. The maximum atomic E-state index is 11.3. The molecule has 2 rings (SSSR count). The first-order chi connectivity index (χ1) is 9.60. The molecule has 1 aromatic heterocycles. The average molecular weight is 291 g/mol. The van der Waals surface area contributed by atoms with Crippen LogP contribution >= 0.6 is 11.3 Å². The highest BCUT2D eigenvalue weighted by molar-refractivity contribution is 7.13. The number of nitrogens with zero attached hydrogens (tertiary/aromatic N) is 1. The minimum atomic E-state index is -0.913. The average Bonchev–Trinajstić information content (AvgIpc) is 2.89. The molecule has 1 heterocycles. The van der Waals surface area contributed by atoms with Crippen molar-refractivity contribution in [3.63, 3.8) is 0 Å². The second kappa shape index (κ2) is 6.63. The molecular formula is C15H17NO3S. The number of hydrogen-bond acceptors (Lipinski definition) is 5. The van der Waals surface area contributed by atoms with Gasteiger partial charge in [0.2, 0.25) is 0 Å². The van der Waals surface area contributed by atoms with E-state index in [2.05, 4.69) is 4.98 Å². The summed E-state index contributed by atoms with van der Waals surface area (Å²) in [7, 11) is 0. The van der Waals surface area contributed by atoms with Crippen LogP contribution in [0.2, 0.25) is 0 Å². The van der Waals surface area contributed by atoms with Gasteiger partial charge in [-0.15, -0.1) is 11.3 Å².